The van der Waals surface area contributed by atoms with Gasteiger partial charge in [0.2, 0.25) is 0 Å². The molecule has 1 rings (SSSR count). The van der Waals surface area contributed by atoms with Crippen LogP contribution in [0.1, 0.15) is 6.92 Å². The number of hydrogen-bond donors (Lipinski definition) is 2. The highest BCUT2D eigenvalue weighted by molar-refractivity contribution is 8.00. The average Bonchev–Trinajstić information content (AvgIpc) is 2.36. The van der Waals surface area contributed by atoms with Crippen LogP contribution in [0.2, 0.25) is 0 Å². The van der Waals surface area contributed by atoms with E-state index in [1.807, 2.05) is 0 Å². The zero-order chi connectivity index (χ0) is 10.0. The number of aromatic nitrogens is 3. The van der Waals surface area contributed by atoms with E-state index in [0.717, 1.165) is 11.8 Å². The Morgan fingerprint density at radius 1 is 1.77 bits per heavy atom. The molecular weight excluding hydrogens is 194 g/mol. The van der Waals surface area contributed by atoms with Crippen molar-refractivity contribution in [1.82, 2.24) is 14.8 Å². The molecule has 0 aliphatic heterocycles. The van der Waals surface area contributed by atoms with Gasteiger partial charge in [-0.1, -0.05) is 11.8 Å². The number of aromatic amines is 1. The zero-order valence-electron chi connectivity index (χ0n) is 7.14. The summed E-state index contributed by atoms with van der Waals surface area (Å²) in [5.41, 5.74) is -0.347. The first-order valence-corrected chi connectivity index (χ1v) is 4.41. The van der Waals surface area contributed by atoms with E-state index in [4.69, 9.17) is 5.11 Å². The quantitative estimate of drug-likeness (QED) is 0.657. The number of thioether (sulfide) groups is 1. The summed E-state index contributed by atoms with van der Waals surface area (Å²) in [7, 11) is 1.53. The molecule has 0 aliphatic carbocycles. The highest BCUT2D eigenvalue weighted by Crippen LogP contribution is 2.18. The Labute approximate surface area is 78.0 Å². The standard InChI is InChI=1S/C6H9N3O3S/c1-3(4(10)11)13-6-8-7-5(12)9(6)2/h3H,1-2H3,(H,7,12)(H,10,11). The van der Waals surface area contributed by atoms with Gasteiger partial charge in [0.05, 0.1) is 0 Å². The number of nitrogens with zero attached hydrogens (tertiary/aromatic N) is 2. The number of H-pyrrole nitrogens is 1. The van der Waals surface area contributed by atoms with Crippen LogP contribution in [-0.4, -0.2) is 31.1 Å². The summed E-state index contributed by atoms with van der Waals surface area (Å²) in [5.74, 6) is -0.930. The molecule has 6 nitrogen and oxygen atoms in total. The van der Waals surface area contributed by atoms with Crippen molar-refractivity contribution in [2.45, 2.75) is 17.3 Å². The minimum atomic E-state index is -0.930. The van der Waals surface area contributed by atoms with Crippen LogP contribution in [0.4, 0.5) is 0 Å². The van der Waals surface area contributed by atoms with E-state index in [1.54, 1.807) is 0 Å². The molecule has 0 saturated heterocycles. The molecule has 0 amide bonds. The third-order valence-electron chi connectivity index (χ3n) is 1.47. The van der Waals surface area contributed by atoms with Crippen molar-refractivity contribution in [2.24, 2.45) is 7.05 Å². The van der Waals surface area contributed by atoms with Crippen molar-refractivity contribution >= 4 is 17.7 Å². The number of carboxylic acid groups (broad SMARTS) is 1. The molecule has 7 heteroatoms. The first kappa shape index (κ1) is 9.85. The summed E-state index contributed by atoms with van der Waals surface area (Å²) < 4.78 is 1.27. The van der Waals surface area contributed by atoms with Gasteiger partial charge in [-0.3, -0.25) is 9.36 Å². The van der Waals surface area contributed by atoms with Crippen LogP contribution in [0.25, 0.3) is 0 Å². The fourth-order valence-electron chi connectivity index (χ4n) is 0.646. The molecule has 0 bridgehead atoms. The van der Waals surface area contributed by atoms with Crippen LogP contribution >= 0.6 is 11.8 Å². The van der Waals surface area contributed by atoms with E-state index in [-0.39, 0.29) is 5.69 Å². The van der Waals surface area contributed by atoms with Crippen molar-refractivity contribution in [2.75, 3.05) is 0 Å². The van der Waals surface area contributed by atoms with Crippen LogP contribution in [-0.2, 0) is 11.8 Å². The molecule has 0 aliphatic rings. The second-order valence-corrected chi connectivity index (χ2v) is 3.78. The van der Waals surface area contributed by atoms with E-state index >= 15 is 0 Å². The van der Waals surface area contributed by atoms with E-state index in [0.29, 0.717) is 5.16 Å². The number of hydrogen-bond acceptors (Lipinski definition) is 4. The van der Waals surface area contributed by atoms with E-state index in [2.05, 4.69) is 10.2 Å². The lowest BCUT2D eigenvalue weighted by atomic mass is 10.5. The van der Waals surface area contributed by atoms with Crippen LogP contribution in [0.15, 0.2) is 9.95 Å². The fraction of sp³-hybridized carbons (Fsp3) is 0.500. The maximum atomic E-state index is 10.9. The summed E-state index contributed by atoms with van der Waals surface area (Å²) >= 11 is 1.02. The van der Waals surface area contributed by atoms with Gasteiger partial charge in [-0.15, -0.1) is 5.10 Å². The molecule has 1 heterocycles. The molecule has 1 atom stereocenters. The normalized spacial score (nSPS) is 12.8. The Morgan fingerprint density at radius 3 is 2.77 bits per heavy atom. The lowest BCUT2D eigenvalue weighted by Crippen LogP contribution is -2.16. The maximum Gasteiger partial charge on any atom is 0.343 e. The molecule has 2 N–H and O–H groups in total. The summed E-state index contributed by atoms with van der Waals surface area (Å²) in [6, 6.07) is 0. The lowest BCUT2D eigenvalue weighted by molar-refractivity contribution is -0.136. The largest absolute Gasteiger partial charge is 0.480 e. The minimum Gasteiger partial charge on any atom is -0.480 e. The molecular formula is C6H9N3O3S. The SMILES string of the molecule is CC(Sc1n[nH]c(=O)n1C)C(=O)O. The topological polar surface area (TPSA) is 88.0 Å². The molecule has 0 aromatic carbocycles. The van der Waals surface area contributed by atoms with E-state index < -0.39 is 11.2 Å². The number of aliphatic carboxylic acids is 1. The van der Waals surface area contributed by atoms with Gasteiger partial charge in [0.15, 0.2) is 5.16 Å². The van der Waals surface area contributed by atoms with Crippen LogP contribution in [0.3, 0.4) is 0 Å². The third-order valence-corrected chi connectivity index (χ3v) is 2.60. The molecule has 1 aromatic heterocycles. The lowest BCUT2D eigenvalue weighted by Gasteiger charge is -2.02. The van der Waals surface area contributed by atoms with Crippen molar-refractivity contribution in [3.63, 3.8) is 0 Å². The molecule has 72 valence electrons. The average molecular weight is 203 g/mol. The van der Waals surface area contributed by atoms with Crippen molar-refractivity contribution in [1.29, 1.82) is 0 Å². The number of carbonyl (C=O) groups is 1. The Morgan fingerprint density at radius 2 is 2.38 bits per heavy atom. The van der Waals surface area contributed by atoms with Crippen LogP contribution in [0.5, 0.6) is 0 Å². The van der Waals surface area contributed by atoms with Gasteiger partial charge >= 0.3 is 11.7 Å². The van der Waals surface area contributed by atoms with E-state index in [9.17, 15) is 9.59 Å². The number of carboxylic acids is 1. The molecule has 1 unspecified atom stereocenters. The maximum absolute atomic E-state index is 10.9. The predicted octanol–water partition coefficient (Wildman–Crippen LogP) is -0.326. The van der Waals surface area contributed by atoms with Crippen molar-refractivity contribution < 1.29 is 9.90 Å². The monoisotopic (exact) mass is 203 g/mol. The van der Waals surface area contributed by atoms with Crippen LogP contribution < -0.4 is 5.69 Å². The zero-order valence-corrected chi connectivity index (χ0v) is 7.96. The van der Waals surface area contributed by atoms with Crippen molar-refractivity contribution in [3.8, 4) is 0 Å². The Hall–Kier alpha value is -1.24. The van der Waals surface area contributed by atoms with Crippen molar-refractivity contribution in [3.05, 3.63) is 10.5 Å². The number of rotatable bonds is 3. The summed E-state index contributed by atoms with van der Waals surface area (Å²) in [4.78, 5) is 21.4. The van der Waals surface area contributed by atoms with Gasteiger partial charge in [0, 0.05) is 7.05 Å². The Kier molecular flexibility index (Phi) is 2.76. The van der Waals surface area contributed by atoms with Gasteiger partial charge in [-0.2, -0.15) is 0 Å². The summed E-state index contributed by atoms with van der Waals surface area (Å²) in [5, 5.41) is 14.2. The Balaban J connectivity index is 2.80. The molecule has 0 fully saturated rings. The smallest absolute Gasteiger partial charge is 0.343 e. The molecule has 0 radical (unpaired) electrons. The van der Waals surface area contributed by atoms with Gasteiger partial charge in [0.25, 0.3) is 0 Å². The van der Waals surface area contributed by atoms with Gasteiger partial charge in [-0.05, 0) is 6.92 Å². The summed E-state index contributed by atoms with van der Waals surface area (Å²) in [6.45, 7) is 1.53. The van der Waals surface area contributed by atoms with Gasteiger partial charge in [0.1, 0.15) is 5.25 Å². The fourth-order valence-corrected chi connectivity index (χ4v) is 1.40. The summed E-state index contributed by atoms with van der Waals surface area (Å²) in [6.07, 6.45) is 0. The van der Waals surface area contributed by atoms with Crippen LogP contribution in [0, 0.1) is 0 Å². The number of nitrogens with one attached hydrogen (secondary N) is 1. The molecule has 1 aromatic rings. The highest BCUT2D eigenvalue weighted by Gasteiger charge is 2.16. The third kappa shape index (κ3) is 2.11. The Bertz CT molecular complexity index is 369. The minimum absolute atomic E-state index is 0.347. The predicted molar refractivity (Wildman–Crippen MR) is 46.8 cm³/mol. The van der Waals surface area contributed by atoms with Gasteiger partial charge < -0.3 is 5.11 Å². The first-order chi connectivity index (χ1) is 6.02. The molecule has 13 heavy (non-hydrogen) atoms. The van der Waals surface area contributed by atoms with Gasteiger partial charge in [-0.25, -0.2) is 9.89 Å². The highest BCUT2D eigenvalue weighted by atomic mass is 32.2. The molecule has 0 spiro atoms. The molecule has 0 saturated carbocycles. The van der Waals surface area contributed by atoms with E-state index in [1.165, 1.54) is 18.5 Å². The first-order valence-electron chi connectivity index (χ1n) is 3.53. The second kappa shape index (κ2) is 3.65. The second-order valence-electron chi connectivity index (χ2n) is 2.47.